The van der Waals surface area contributed by atoms with E-state index in [1.54, 1.807) is 23.2 Å². The van der Waals surface area contributed by atoms with Crippen LogP contribution in [0.15, 0.2) is 12.1 Å². The average Bonchev–Trinajstić information content (AvgIpc) is 2.81. The Labute approximate surface area is 122 Å². The molecule has 3 heterocycles. The van der Waals surface area contributed by atoms with Gasteiger partial charge < -0.3 is 10.2 Å². The van der Waals surface area contributed by atoms with Crippen molar-refractivity contribution in [3.05, 3.63) is 21.9 Å². The number of piperazine rings is 2. The van der Waals surface area contributed by atoms with Crippen LogP contribution in [-0.4, -0.2) is 53.3 Å². The van der Waals surface area contributed by atoms with E-state index in [-0.39, 0.29) is 23.9 Å². The minimum atomic E-state index is -0.384. The molecule has 0 saturated carbocycles. The van der Waals surface area contributed by atoms with E-state index < -0.39 is 0 Å². The molecule has 20 heavy (non-hydrogen) atoms. The van der Waals surface area contributed by atoms with Crippen LogP contribution in [0.4, 0.5) is 0 Å². The van der Waals surface area contributed by atoms with E-state index in [2.05, 4.69) is 29.3 Å². The van der Waals surface area contributed by atoms with Crippen LogP contribution in [0.25, 0.3) is 0 Å². The molecule has 2 amide bonds. The zero-order valence-electron chi connectivity index (χ0n) is 11.8. The van der Waals surface area contributed by atoms with Crippen molar-refractivity contribution in [2.24, 2.45) is 0 Å². The van der Waals surface area contributed by atoms with Crippen LogP contribution < -0.4 is 5.32 Å². The van der Waals surface area contributed by atoms with Gasteiger partial charge in [-0.1, -0.05) is 0 Å². The van der Waals surface area contributed by atoms with Crippen molar-refractivity contribution in [1.29, 1.82) is 0 Å². The van der Waals surface area contributed by atoms with E-state index >= 15 is 0 Å². The third kappa shape index (κ3) is 2.45. The topological polar surface area (TPSA) is 52.6 Å². The molecule has 0 bridgehead atoms. The Balaban J connectivity index is 1.68. The van der Waals surface area contributed by atoms with Gasteiger partial charge in [-0.15, -0.1) is 11.3 Å². The van der Waals surface area contributed by atoms with Gasteiger partial charge in [0.2, 0.25) is 11.8 Å². The number of amides is 2. The lowest BCUT2D eigenvalue weighted by atomic mass is 10.0. The lowest BCUT2D eigenvalue weighted by Crippen LogP contribution is -2.68. The molecular formula is C14H19N3O2S. The van der Waals surface area contributed by atoms with Crippen molar-refractivity contribution in [1.82, 2.24) is 15.1 Å². The first-order valence-electron chi connectivity index (χ1n) is 6.93. The highest BCUT2D eigenvalue weighted by atomic mass is 32.1. The first kappa shape index (κ1) is 13.6. The monoisotopic (exact) mass is 293 g/mol. The number of fused-ring (bicyclic) bond motifs is 1. The maximum Gasteiger partial charge on any atom is 0.245 e. The van der Waals surface area contributed by atoms with E-state index in [4.69, 9.17) is 0 Å². The number of thiophene rings is 1. The summed E-state index contributed by atoms with van der Waals surface area (Å²) in [5, 5.41) is 2.76. The maximum absolute atomic E-state index is 12.1. The van der Waals surface area contributed by atoms with Gasteiger partial charge in [-0.2, -0.15) is 0 Å². The zero-order valence-corrected chi connectivity index (χ0v) is 12.6. The predicted molar refractivity (Wildman–Crippen MR) is 77.4 cm³/mol. The van der Waals surface area contributed by atoms with Gasteiger partial charge in [0.05, 0.1) is 0 Å². The van der Waals surface area contributed by atoms with Crippen molar-refractivity contribution in [2.75, 3.05) is 19.6 Å². The summed E-state index contributed by atoms with van der Waals surface area (Å²) in [5.41, 5.74) is 0. The van der Waals surface area contributed by atoms with E-state index in [1.807, 2.05) is 0 Å². The molecule has 2 fully saturated rings. The molecule has 0 aromatic carbocycles. The predicted octanol–water partition coefficient (Wildman–Crippen LogP) is 0.588. The Bertz CT molecular complexity index is 542. The summed E-state index contributed by atoms with van der Waals surface area (Å²) in [4.78, 5) is 30.7. The molecule has 1 aromatic heterocycles. The van der Waals surface area contributed by atoms with Crippen LogP contribution in [0.1, 0.15) is 16.7 Å². The Morgan fingerprint density at radius 3 is 2.85 bits per heavy atom. The minimum absolute atomic E-state index is 0.0239. The van der Waals surface area contributed by atoms with Crippen molar-refractivity contribution >= 4 is 23.2 Å². The van der Waals surface area contributed by atoms with Crippen LogP contribution in [0, 0.1) is 6.92 Å². The van der Waals surface area contributed by atoms with Gasteiger partial charge in [0.15, 0.2) is 0 Å². The third-order valence-electron chi connectivity index (χ3n) is 3.95. The molecule has 2 aliphatic heterocycles. The summed E-state index contributed by atoms with van der Waals surface area (Å²) in [6, 6.07) is 3.55. The van der Waals surface area contributed by atoms with E-state index in [1.165, 1.54) is 9.75 Å². The molecule has 2 aliphatic rings. The van der Waals surface area contributed by atoms with E-state index in [0.29, 0.717) is 13.1 Å². The van der Waals surface area contributed by atoms with Gasteiger partial charge >= 0.3 is 0 Å². The number of nitrogens with one attached hydrogen (secondary N) is 1. The lowest BCUT2D eigenvalue weighted by Gasteiger charge is -2.44. The fraction of sp³-hybridized carbons (Fsp3) is 0.571. The number of hydrogen-bond acceptors (Lipinski definition) is 4. The number of carbonyl (C=O) groups excluding carboxylic acids is 2. The van der Waals surface area contributed by atoms with Gasteiger partial charge in [0.25, 0.3) is 0 Å². The summed E-state index contributed by atoms with van der Waals surface area (Å²) in [6.45, 7) is 6.81. The summed E-state index contributed by atoms with van der Waals surface area (Å²) in [6.07, 6.45) is 0. The quantitative estimate of drug-likeness (QED) is 0.868. The Hall–Kier alpha value is -1.40. The molecule has 6 heteroatoms. The molecule has 3 rings (SSSR count). The number of hydrogen-bond donors (Lipinski definition) is 1. The zero-order chi connectivity index (χ0) is 14.3. The fourth-order valence-corrected chi connectivity index (χ4v) is 3.81. The first-order valence-corrected chi connectivity index (χ1v) is 7.75. The van der Waals surface area contributed by atoms with Crippen LogP contribution in [0.2, 0.25) is 0 Å². The van der Waals surface area contributed by atoms with Gasteiger partial charge in [-0.25, -0.2) is 0 Å². The molecule has 2 saturated heterocycles. The van der Waals surface area contributed by atoms with Crippen molar-refractivity contribution in [3.8, 4) is 0 Å². The van der Waals surface area contributed by atoms with E-state index in [0.717, 1.165) is 13.1 Å². The molecule has 0 aliphatic carbocycles. The smallest absolute Gasteiger partial charge is 0.245 e. The van der Waals surface area contributed by atoms with Crippen molar-refractivity contribution in [3.63, 3.8) is 0 Å². The van der Waals surface area contributed by atoms with Crippen molar-refractivity contribution in [2.45, 2.75) is 32.5 Å². The van der Waals surface area contributed by atoms with Crippen molar-refractivity contribution < 1.29 is 9.59 Å². The van der Waals surface area contributed by atoms with Crippen LogP contribution in [-0.2, 0) is 16.1 Å². The number of nitrogens with zero attached hydrogens (tertiary/aromatic N) is 2. The van der Waals surface area contributed by atoms with Gasteiger partial charge in [0.1, 0.15) is 12.1 Å². The largest absolute Gasteiger partial charge is 0.343 e. The second kappa shape index (κ2) is 5.18. The number of rotatable bonds is 2. The van der Waals surface area contributed by atoms with Gasteiger partial charge in [0, 0.05) is 35.9 Å². The van der Waals surface area contributed by atoms with Crippen LogP contribution >= 0.6 is 11.3 Å². The fourth-order valence-electron chi connectivity index (χ4n) is 2.88. The summed E-state index contributed by atoms with van der Waals surface area (Å²) in [5.74, 6) is 0.0189. The average molecular weight is 293 g/mol. The molecule has 0 spiro atoms. The molecule has 0 unspecified atom stereocenters. The van der Waals surface area contributed by atoms with Crippen LogP contribution in [0.3, 0.4) is 0 Å². The second-order valence-electron chi connectivity index (χ2n) is 5.53. The van der Waals surface area contributed by atoms with E-state index in [9.17, 15) is 9.59 Å². The molecule has 2 atom stereocenters. The highest BCUT2D eigenvalue weighted by molar-refractivity contribution is 7.11. The third-order valence-corrected chi connectivity index (χ3v) is 4.94. The molecule has 5 nitrogen and oxygen atoms in total. The molecular weight excluding hydrogens is 274 g/mol. The highest BCUT2D eigenvalue weighted by Gasteiger charge is 2.41. The minimum Gasteiger partial charge on any atom is -0.343 e. The Morgan fingerprint density at radius 1 is 1.35 bits per heavy atom. The molecule has 0 radical (unpaired) electrons. The molecule has 1 aromatic rings. The molecule has 108 valence electrons. The second-order valence-corrected chi connectivity index (χ2v) is 6.90. The number of carbonyl (C=O) groups is 2. The normalized spacial score (nSPS) is 27.4. The Kier molecular flexibility index (Phi) is 3.52. The highest BCUT2D eigenvalue weighted by Crippen LogP contribution is 2.21. The number of aryl methyl sites for hydroxylation is 1. The standard InChI is InChI=1S/C14H19N3O2S/c1-9-3-4-11(20-9)7-16-5-6-17-12(8-16)13(18)15-10(2)14(17)19/h3-4,10,12H,5-8H2,1-2H3,(H,15,18)/t10-,12-/m1/s1. The summed E-state index contributed by atoms with van der Waals surface area (Å²) < 4.78 is 0. The summed E-state index contributed by atoms with van der Waals surface area (Å²) in [7, 11) is 0. The summed E-state index contributed by atoms with van der Waals surface area (Å²) >= 11 is 1.79. The Morgan fingerprint density at radius 2 is 2.15 bits per heavy atom. The van der Waals surface area contributed by atoms with Crippen LogP contribution in [0.5, 0.6) is 0 Å². The van der Waals surface area contributed by atoms with Gasteiger partial charge in [-0.3, -0.25) is 14.5 Å². The maximum atomic E-state index is 12.1. The van der Waals surface area contributed by atoms with Gasteiger partial charge in [-0.05, 0) is 26.0 Å². The first-order chi connectivity index (χ1) is 9.54. The molecule has 1 N–H and O–H groups in total. The lowest BCUT2D eigenvalue weighted by molar-refractivity contribution is -0.152. The SMILES string of the molecule is Cc1ccc(CN2CCN3C(=O)[C@@H](C)NC(=O)[C@H]3C2)s1.